The van der Waals surface area contributed by atoms with Crippen molar-refractivity contribution in [3.05, 3.63) is 42.1 Å². The highest BCUT2D eigenvalue weighted by Crippen LogP contribution is 2.44. The largest absolute Gasteiger partial charge is 0.474 e. The second-order valence-electron chi connectivity index (χ2n) is 7.76. The molecule has 2 aromatic heterocycles. The minimum atomic E-state index is -0.520. The number of hydrogen-bond acceptors (Lipinski definition) is 9. The van der Waals surface area contributed by atoms with Crippen molar-refractivity contribution >= 4 is 28.5 Å². The first-order valence-electron chi connectivity index (χ1n) is 9.46. The third-order valence-electron chi connectivity index (χ3n) is 4.52. The van der Waals surface area contributed by atoms with Crippen LogP contribution in [0.1, 0.15) is 43.2 Å². The number of carbonyl (C=O) groups excluding carboxylic acids is 1. The summed E-state index contributed by atoms with van der Waals surface area (Å²) in [5.41, 5.74) is 7.13. The summed E-state index contributed by atoms with van der Waals surface area (Å²) >= 11 is 1.56. The van der Waals surface area contributed by atoms with Gasteiger partial charge in [-0.2, -0.15) is 0 Å². The number of thioether (sulfide) groups is 1. The fourth-order valence-electron chi connectivity index (χ4n) is 3.36. The second kappa shape index (κ2) is 8.97. The molecular weight excluding hydrogens is 404 g/mol. The Labute approximate surface area is 179 Å². The summed E-state index contributed by atoms with van der Waals surface area (Å²) in [6.07, 6.45) is 6.89. The van der Waals surface area contributed by atoms with Gasteiger partial charge in [0.1, 0.15) is 12.3 Å². The normalized spacial score (nSPS) is 20.3. The molecule has 1 aliphatic heterocycles. The number of pyridine rings is 1. The van der Waals surface area contributed by atoms with Crippen LogP contribution in [0.2, 0.25) is 0 Å². The minimum Gasteiger partial charge on any atom is -0.474 e. The molecule has 0 radical (unpaired) electrons. The van der Waals surface area contributed by atoms with E-state index in [4.69, 9.17) is 15.2 Å². The average Bonchev–Trinajstić information content (AvgIpc) is 2.67. The number of anilines is 1. The second-order valence-corrected chi connectivity index (χ2v) is 9.49. The van der Waals surface area contributed by atoms with Crippen molar-refractivity contribution in [3.63, 3.8) is 0 Å². The van der Waals surface area contributed by atoms with Gasteiger partial charge in [-0.05, 0) is 25.0 Å². The quantitative estimate of drug-likeness (QED) is 0.642. The zero-order chi connectivity index (χ0) is 21.8. The van der Waals surface area contributed by atoms with Crippen LogP contribution in [0.15, 0.2) is 35.8 Å². The van der Waals surface area contributed by atoms with Crippen molar-refractivity contribution in [2.75, 3.05) is 25.6 Å². The number of nitrogens with one attached hydrogen (secondary N) is 1. The molecule has 0 saturated heterocycles. The third-order valence-corrected chi connectivity index (χ3v) is 5.52. The van der Waals surface area contributed by atoms with Crippen molar-refractivity contribution in [2.45, 2.75) is 37.5 Å². The lowest BCUT2D eigenvalue weighted by Crippen LogP contribution is -2.38. The van der Waals surface area contributed by atoms with Crippen LogP contribution in [0.3, 0.4) is 0 Å². The predicted molar refractivity (Wildman–Crippen MR) is 117 cm³/mol. The SMILES string of the molecule is COCCOc1cnc(C(=O)Nc2cncc([C@]3(C)CC(C)(C)SC(N)=N3)c2)cn1. The van der Waals surface area contributed by atoms with Gasteiger partial charge >= 0.3 is 0 Å². The monoisotopic (exact) mass is 430 g/mol. The summed E-state index contributed by atoms with van der Waals surface area (Å²) in [5.74, 6) is -0.0639. The number of carbonyl (C=O) groups is 1. The zero-order valence-electron chi connectivity index (χ0n) is 17.5. The van der Waals surface area contributed by atoms with E-state index in [9.17, 15) is 4.79 Å². The van der Waals surface area contributed by atoms with Crippen LogP contribution in [0, 0.1) is 0 Å². The highest BCUT2D eigenvalue weighted by molar-refractivity contribution is 8.15. The lowest BCUT2D eigenvalue weighted by atomic mass is 9.84. The molecule has 2 aromatic rings. The van der Waals surface area contributed by atoms with Crippen molar-refractivity contribution in [1.82, 2.24) is 15.0 Å². The van der Waals surface area contributed by atoms with Crippen molar-refractivity contribution in [3.8, 4) is 5.88 Å². The van der Waals surface area contributed by atoms with E-state index >= 15 is 0 Å². The van der Waals surface area contributed by atoms with E-state index in [1.165, 1.54) is 12.4 Å². The molecule has 10 heteroatoms. The molecule has 3 heterocycles. The Kier molecular flexibility index (Phi) is 6.57. The Morgan fingerprint density at radius 1 is 1.20 bits per heavy atom. The molecule has 1 aliphatic rings. The first-order valence-corrected chi connectivity index (χ1v) is 10.3. The van der Waals surface area contributed by atoms with Crippen LogP contribution in [0.25, 0.3) is 0 Å². The number of aromatic nitrogens is 3. The summed E-state index contributed by atoms with van der Waals surface area (Å²) in [7, 11) is 1.59. The van der Waals surface area contributed by atoms with Crippen LogP contribution in [-0.4, -0.2) is 51.1 Å². The fraction of sp³-hybridized carbons (Fsp3) is 0.450. The number of amidine groups is 1. The first-order chi connectivity index (χ1) is 14.2. The summed E-state index contributed by atoms with van der Waals surface area (Å²) in [5, 5.41) is 3.36. The van der Waals surface area contributed by atoms with Gasteiger partial charge in [0.05, 0.1) is 36.4 Å². The molecule has 30 heavy (non-hydrogen) atoms. The maximum atomic E-state index is 12.6. The van der Waals surface area contributed by atoms with Gasteiger partial charge in [-0.25, -0.2) is 9.97 Å². The smallest absolute Gasteiger partial charge is 0.275 e. The number of methoxy groups -OCH3 is 1. The molecule has 0 aromatic carbocycles. The Hall–Kier alpha value is -2.72. The molecule has 0 fully saturated rings. The zero-order valence-corrected chi connectivity index (χ0v) is 18.3. The molecule has 0 unspecified atom stereocenters. The van der Waals surface area contributed by atoms with Crippen molar-refractivity contribution < 1.29 is 14.3 Å². The maximum Gasteiger partial charge on any atom is 0.275 e. The standard InChI is InChI=1S/C20H26N6O3S/c1-19(2)12-20(3,26-18(21)30-19)13-7-14(9-22-8-13)25-17(27)15-10-24-16(11-23-15)29-6-5-28-4/h7-11H,5-6,12H2,1-4H3,(H2,21,26)(H,25,27)/t20-/m0/s1. The first kappa shape index (κ1) is 22.0. The molecule has 3 rings (SSSR count). The molecule has 160 valence electrons. The third kappa shape index (κ3) is 5.45. The van der Waals surface area contributed by atoms with Crippen LogP contribution in [0.5, 0.6) is 5.88 Å². The van der Waals surface area contributed by atoms with Gasteiger partial charge in [-0.1, -0.05) is 25.6 Å². The van der Waals surface area contributed by atoms with E-state index in [2.05, 4.69) is 39.1 Å². The number of amides is 1. The summed E-state index contributed by atoms with van der Waals surface area (Å²) in [6.45, 7) is 7.10. The van der Waals surface area contributed by atoms with E-state index in [1.54, 1.807) is 31.3 Å². The Morgan fingerprint density at radius 3 is 2.67 bits per heavy atom. The number of ether oxygens (including phenoxy) is 2. The van der Waals surface area contributed by atoms with E-state index in [0.29, 0.717) is 29.9 Å². The molecule has 9 nitrogen and oxygen atoms in total. The maximum absolute atomic E-state index is 12.6. The molecule has 0 bridgehead atoms. The molecular formula is C20H26N6O3S. The van der Waals surface area contributed by atoms with E-state index < -0.39 is 11.4 Å². The fourth-order valence-corrected chi connectivity index (χ4v) is 4.52. The van der Waals surface area contributed by atoms with Crippen LogP contribution in [-0.2, 0) is 10.3 Å². The van der Waals surface area contributed by atoms with E-state index in [1.807, 2.05) is 13.0 Å². The van der Waals surface area contributed by atoms with Gasteiger partial charge in [-0.3, -0.25) is 14.8 Å². The molecule has 0 spiro atoms. The number of nitrogens with zero attached hydrogens (tertiary/aromatic N) is 4. The molecule has 0 aliphatic carbocycles. The molecule has 1 atom stereocenters. The van der Waals surface area contributed by atoms with Gasteiger partial charge in [-0.15, -0.1) is 0 Å². The van der Waals surface area contributed by atoms with Gasteiger partial charge in [0.15, 0.2) is 5.17 Å². The lowest BCUT2D eigenvalue weighted by molar-refractivity contribution is 0.102. The average molecular weight is 431 g/mol. The molecule has 3 N–H and O–H groups in total. The molecule has 1 amide bonds. The highest BCUT2D eigenvalue weighted by Gasteiger charge is 2.39. The molecule has 0 saturated carbocycles. The Morgan fingerprint density at radius 2 is 2.00 bits per heavy atom. The number of rotatable bonds is 7. The van der Waals surface area contributed by atoms with E-state index in [0.717, 1.165) is 12.0 Å². The minimum absolute atomic E-state index is 0.0531. The topological polar surface area (TPSA) is 125 Å². The Balaban J connectivity index is 1.72. The number of nitrogens with two attached hydrogens (primary N) is 1. The Bertz CT molecular complexity index is 934. The summed E-state index contributed by atoms with van der Waals surface area (Å²) in [4.78, 5) is 29.7. The summed E-state index contributed by atoms with van der Waals surface area (Å²) < 4.78 is 10.2. The highest BCUT2D eigenvalue weighted by atomic mass is 32.2. The predicted octanol–water partition coefficient (Wildman–Crippen LogP) is 2.59. The van der Waals surface area contributed by atoms with Crippen LogP contribution < -0.4 is 15.8 Å². The number of aliphatic imine (C=N–C) groups is 1. The van der Waals surface area contributed by atoms with Gasteiger partial charge < -0.3 is 20.5 Å². The summed E-state index contributed by atoms with van der Waals surface area (Å²) in [6, 6.07) is 1.86. The van der Waals surface area contributed by atoms with Gasteiger partial charge in [0.25, 0.3) is 5.91 Å². The van der Waals surface area contributed by atoms with Gasteiger partial charge in [0.2, 0.25) is 5.88 Å². The van der Waals surface area contributed by atoms with Gasteiger partial charge in [0, 0.05) is 18.1 Å². The lowest BCUT2D eigenvalue weighted by Gasteiger charge is -2.39. The van der Waals surface area contributed by atoms with E-state index in [-0.39, 0.29) is 10.4 Å². The van der Waals surface area contributed by atoms with Crippen LogP contribution in [0.4, 0.5) is 5.69 Å². The van der Waals surface area contributed by atoms with Crippen molar-refractivity contribution in [1.29, 1.82) is 0 Å². The van der Waals surface area contributed by atoms with Crippen LogP contribution >= 0.6 is 11.8 Å². The number of hydrogen-bond donors (Lipinski definition) is 2. The van der Waals surface area contributed by atoms with Crippen molar-refractivity contribution in [2.24, 2.45) is 10.7 Å².